The summed E-state index contributed by atoms with van der Waals surface area (Å²) in [5.41, 5.74) is 0.864. The number of amides is 1. The van der Waals surface area contributed by atoms with Gasteiger partial charge in [0.05, 0.1) is 18.9 Å². The van der Waals surface area contributed by atoms with Gasteiger partial charge in [0.15, 0.2) is 0 Å². The van der Waals surface area contributed by atoms with Gasteiger partial charge in [-0.05, 0) is 18.2 Å². The summed E-state index contributed by atoms with van der Waals surface area (Å²) >= 11 is 0. The van der Waals surface area contributed by atoms with Crippen LogP contribution in [-0.2, 0) is 4.74 Å². The number of benzene rings is 1. The lowest BCUT2D eigenvalue weighted by Crippen LogP contribution is -2.36. The van der Waals surface area contributed by atoms with E-state index in [4.69, 9.17) is 4.74 Å². The molecule has 1 N–H and O–H groups in total. The molecule has 1 aromatic rings. The van der Waals surface area contributed by atoms with Crippen molar-refractivity contribution in [2.45, 2.75) is 0 Å². The molecular weight excluding hydrogens is 223 g/mol. The van der Waals surface area contributed by atoms with E-state index < -0.39 is 0 Å². The zero-order valence-corrected chi connectivity index (χ0v) is 9.70. The number of carbonyl (C=O) groups excluding carboxylic acids is 1. The largest absolute Gasteiger partial charge is 0.378 e. The van der Waals surface area contributed by atoms with Crippen molar-refractivity contribution in [3.63, 3.8) is 0 Å². The van der Waals surface area contributed by atoms with E-state index in [0.717, 1.165) is 0 Å². The highest BCUT2D eigenvalue weighted by Gasteiger charge is 2.16. The van der Waals surface area contributed by atoms with Crippen LogP contribution in [0.2, 0.25) is 0 Å². The second-order valence-corrected chi connectivity index (χ2v) is 3.84. The summed E-state index contributed by atoms with van der Waals surface area (Å²) in [6.45, 7) is 2.57. The number of nitrogens with one attached hydrogen (secondary N) is 1. The first-order chi connectivity index (χ1) is 8.22. The Kier molecular flexibility index (Phi) is 3.58. The molecule has 4 nitrogen and oxygen atoms in total. The number of anilines is 1. The Hall–Kier alpha value is -1.62. The summed E-state index contributed by atoms with van der Waals surface area (Å²) < 4.78 is 19.1. The first kappa shape index (κ1) is 11.9. The molecule has 0 spiro atoms. The molecule has 0 atom stereocenters. The fraction of sp³-hybridized carbons (Fsp3) is 0.417. The summed E-state index contributed by atoms with van der Waals surface area (Å²) in [7, 11) is 1.52. The van der Waals surface area contributed by atoms with E-state index in [1.807, 2.05) is 4.90 Å². The van der Waals surface area contributed by atoms with Crippen LogP contribution in [0.1, 0.15) is 10.4 Å². The van der Waals surface area contributed by atoms with Gasteiger partial charge in [-0.2, -0.15) is 0 Å². The molecule has 0 aliphatic carbocycles. The summed E-state index contributed by atoms with van der Waals surface area (Å²) in [6, 6.07) is 4.54. The van der Waals surface area contributed by atoms with Crippen LogP contribution in [0.25, 0.3) is 0 Å². The Balaban J connectivity index is 2.21. The third kappa shape index (κ3) is 2.55. The Bertz CT molecular complexity index is 417. The van der Waals surface area contributed by atoms with E-state index in [2.05, 4.69) is 5.32 Å². The van der Waals surface area contributed by atoms with Gasteiger partial charge in [-0.15, -0.1) is 0 Å². The predicted molar refractivity (Wildman–Crippen MR) is 62.8 cm³/mol. The molecule has 0 bridgehead atoms. The SMILES string of the molecule is CNC(=O)c1ccc(N2CCOCC2)c(F)c1. The number of nitrogens with zero attached hydrogens (tertiary/aromatic N) is 1. The van der Waals surface area contributed by atoms with Crippen LogP contribution in [-0.4, -0.2) is 39.3 Å². The van der Waals surface area contributed by atoms with Crippen molar-refractivity contribution in [3.05, 3.63) is 29.6 Å². The third-order valence-corrected chi connectivity index (χ3v) is 2.79. The summed E-state index contributed by atoms with van der Waals surface area (Å²) in [4.78, 5) is 13.3. The van der Waals surface area contributed by atoms with Gasteiger partial charge in [-0.25, -0.2) is 4.39 Å². The molecule has 2 rings (SSSR count). The maximum atomic E-state index is 13.9. The van der Waals surface area contributed by atoms with Crippen molar-refractivity contribution in [1.29, 1.82) is 0 Å². The van der Waals surface area contributed by atoms with Crippen LogP contribution >= 0.6 is 0 Å². The smallest absolute Gasteiger partial charge is 0.251 e. The minimum absolute atomic E-state index is 0.280. The normalized spacial score (nSPS) is 15.8. The standard InChI is InChI=1S/C12H15FN2O2/c1-14-12(16)9-2-3-11(10(13)8-9)15-4-6-17-7-5-15/h2-3,8H,4-7H2,1H3,(H,14,16). The number of hydrogen-bond donors (Lipinski definition) is 1. The van der Waals surface area contributed by atoms with E-state index in [1.165, 1.54) is 13.1 Å². The van der Waals surface area contributed by atoms with Gasteiger partial charge in [0.1, 0.15) is 5.82 Å². The molecular formula is C12H15FN2O2. The lowest BCUT2D eigenvalue weighted by molar-refractivity contribution is 0.0962. The molecule has 1 amide bonds. The zero-order chi connectivity index (χ0) is 12.3. The molecule has 0 saturated carbocycles. The molecule has 1 heterocycles. The average Bonchev–Trinajstić information content (AvgIpc) is 2.38. The first-order valence-electron chi connectivity index (χ1n) is 5.56. The highest BCUT2D eigenvalue weighted by Crippen LogP contribution is 2.21. The van der Waals surface area contributed by atoms with Gasteiger partial charge in [-0.1, -0.05) is 0 Å². The summed E-state index contributed by atoms with van der Waals surface area (Å²) in [6.07, 6.45) is 0. The van der Waals surface area contributed by atoms with Gasteiger partial charge in [0, 0.05) is 25.7 Å². The monoisotopic (exact) mass is 238 g/mol. The molecule has 1 fully saturated rings. The summed E-state index contributed by atoms with van der Waals surface area (Å²) in [5, 5.41) is 2.47. The molecule has 0 radical (unpaired) electrons. The van der Waals surface area contributed by atoms with Crippen molar-refractivity contribution in [3.8, 4) is 0 Å². The van der Waals surface area contributed by atoms with Crippen LogP contribution < -0.4 is 10.2 Å². The molecule has 0 aromatic heterocycles. The quantitative estimate of drug-likeness (QED) is 0.836. The van der Waals surface area contributed by atoms with Crippen LogP contribution in [0.4, 0.5) is 10.1 Å². The van der Waals surface area contributed by atoms with Crippen molar-refractivity contribution in [2.75, 3.05) is 38.3 Å². The first-order valence-corrected chi connectivity index (χ1v) is 5.56. The van der Waals surface area contributed by atoms with Crippen molar-refractivity contribution in [1.82, 2.24) is 5.32 Å². The number of rotatable bonds is 2. The molecule has 92 valence electrons. The Labute approximate surface area is 99.4 Å². The van der Waals surface area contributed by atoms with Crippen LogP contribution in [0.5, 0.6) is 0 Å². The fourth-order valence-electron chi connectivity index (χ4n) is 1.85. The molecule has 1 saturated heterocycles. The lowest BCUT2D eigenvalue weighted by atomic mass is 10.1. The number of halogens is 1. The van der Waals surface area contributed by atoms with Gasteiger partial charge >= 0.3 is 0 Å². The molecule has 0 unspecified atom stereocenters. The highest BCUT2D eigenvalue weighted by molar-refractivity contribution is 5.94. The maximum absolute atomic E-state index is 13.9. The fourth-order valence-corrected chi connectivity index (χ4v) is 1.85. The van der Waals surface area contributed by atoms with Gasteiger partial charge in [0.25, 0.3) is 5.91 Å². The van der Waals surface area contributed by atoms with E-state index in [1.54, 1.807) is 12.1 Å². The Morgan fingerprint density at radius 1 is 1.41 bits per heavy atom. The van der Waals surface area contributed by atoms with Gasteiger partial charge in [0.2, 0.25) is 0 Å². The Morgan fingerprint density at radius 2 is 2.12 bits per heavy atom. The van der Waals surface area contributed by atoms with E-state index >= 15 is 0 Å². The van der Waals surface area contributed by atoms with Crippen LogP contribution in [0.15, 0.2) is 18.2 Å². The molecule has 1 aromatic carbocycles. The molecule has 5 heteroatoms. The third-order valence-electron chi connectivity index (χ3n) is 2.79. The number of carbonyl (C=O) groups is 1. The van der Waals surface area contributed by atoms with Crippen molar-refractivity contribution in [2.24, 2.45) is 0 Å². The average molecular weight is 238 g/mol. The molecule has 1 aliphatic heterocycles. The van der Waals surface area contributed by atoms with Gasteiger partial charge < -0.3 is 15.0 Å². The van der Waals surface area contributed by atoms with Crippen molar-refractivity contribution >= 4 is 11.6 Å². The van der Waals surface area contributed by atoms with Crippen LogP contribution in [0, 0.1) is 5.82 Å². The molecule has 17 heavy (non-hydrogen) atoms. The van der Waals surface area contributed by atoms with Crippen LogP contribution in [0.3, 0.4) is 0 Å². The topological polar surface area (TPSA) is 41.6 Å². The maximum Gasteiger partial charge on any atom is 0.251 e. The Morgan fingerprint density at radius 3 is 2.71 bits per heavy atom. The van der Waals surface area contributed by atoms with E-state index in [0.29, 0.717) is 37.6 Å². The second kappa shape index (κ2) is 5.14. The lowest BCUT2D eigenvalue weighted by Gasteiger charge is -2.29. The predicted octanol–water partition coefficient (Wildman–Crippen LogP) is 1.02. The second-order valence-electron chi connectivity index (χ2n) is 3.84. The minimum atomic E-state index is -0.368. The number of ether oxygens (including phenoxy) is 1. The molecule has 1 aliphatic rings. The summed E-state index contributed by atoms with van der Waals surface area (Å²) in [5.74, 6) is -0.648. The van der Waals surface area contributed by atoms with E-state index in [9.17, 15) is 9.18 Å². The van der Waals surface area contributed by atoms with Crippen molar-refractivity contribution < 1.29 is 13.9 Å². The van der Waals surface area contributed by atoms with Gasteiger partial charge in [-0.3, -0.25) is 4.79 Å². The number of morpholine rings is 1. The zero-order valence-electron chi connectivity index (χ0n) is 9.70. The minimum Gasteiger partial charge on any atom is -0.378 e. The highest BCUT2D eigenvalue weighted by atomic mass is 19.1. The van der Waals surface area contributed by atoms with E-state index in [-0.39, 0.29) is 11.7 Å². The number of hydrogen-bond acceptors (Lipinski definition) is 3.